The first-order valence-corrected chi connectivity index (χ1v) is 5.72. The molecule has 2 aromatic rings. The minimum Gasteiger partial charge on any atom is -0.423 e. The third-order valence-corrected chi connectivity index (χ3v) is 2.81. The highest BCUT2D eigenvalue weighted by atomic mass is 32.1. The Labute approximate surface area is 102 Å². The van der Waals surface area contributed by atoms with Crippen molar-refractivity contribution >= 4 is 35.0 Å². The van der Waals surface area contributed by atoms with Crippen LogP contribution in [0.1, 0.15) is 10.4 Å². The topological polar surface area (TPSA) is 82.5 Å². The zero-order valence-electron chi connectivity index (χ0n) is 8.70. The van der Waals surface area contributed by atoms with Crippen LogP contribution in [0.25, 0.3) is 0 Å². The van der Waals surface area contributed by atoms with Crippen molar-refractivity contribution in [2.24, 2.45) is 0 Å². The molecule has 17 heavy (non-hydrogen) atoms. The lowest BCUT2D eigenvalue weighted by Crippen LogP contribution is -2.29. The number of nitrogens with one attached hydrogen (secondary N) is 1. The molecular formula is C10H9BN2O3S. The number of benzene rings is 1. The summed E-state index contributed by atoms with van der Waals surface area (Å²) >= 11 is 1.33. The molecule has 3 N–H and O–H groups in total. The maximum Gasteiger partial charge on any atom is 0.488 e. The van der Waals surface area contributed by atoms with E-state index in [0.29, 0.717) is 16.2 Å². The Morgan fingerprint density at radius 1 is 1.29 bits per heavy atom. The summed E-state index contributed by atoms with van der Waals surface area (Å²) in [5.41, 5.74) is 0.778. The van der Waals surface area contributed by atoms with Crippen LogP contribution in [0, 0.1) is 0 Å². The van der Waals surface area contributed by atoms with Gasteiger partial charge in [0, 0.05) is 17.1 Å². The monoisotopic (exact) mass is 248 g/mol. The fourth-order valence-electron chi connectivity index (χ4n) is 1.26. The highest BCUT2D eigenvalue weighted by molar-refractivity contribution is 7.13. The van der Waals surface area contributed by atoms with Gasteiger partial charge in [-0.1, -0.05) is 12.1 Å². The van der Waals surface area contributed by atoms with Crippen LogP contribution < -0.4 is 10.8 Å². The van der Waals surface area contributed by atoms with Crippen molar-refractivity contribution in [3.05, 3.63) is 41.4 Å². The van der Waals surface area contributed by atoms with Crippen molar-refractivity contribution in [2.75, 3.05) is 5.32 Å². The Bertz CT molecular complexity index is 499. The zero-order valence-corrected chi connectivity index (χ0v) is 9.52. The molecule has 86 valence electrons. The molecule has 0 spiro atoms. The number of carbonyl (C=O) groups excluding carboxylic acids is 1. The number of rotatable bonds is 3. The minimum atomic E-state index is -1.52. The van der Waals surface area contributed by atoms with Crippen LogP contribution in [0.4, 0.5) is 5.13 Å². The molecule has 1 amide bonds. The molecule has 5 nitrogen and oxygen atoms in total. The SMILES string of the molecule is O=C(Nc1nccs1)c1ccc(B(O)O)cc1. The Morgan fingerprint density at radius 3 is 2.53 bits per heavy atom. The molecule has 0 saturated carbocycles. The number of anilines is 1. The molecule has 0 aliphatic carbocycles. The highest BCUT2D eigenvalue weighted by Crippen LogP contribution is 2.11. The van der Waals surface area contributed by atoms with E-state index in [1.54, 1.807) is 11.6 Å². The second-order valence-corrected chi connectivity index (χ2v) is 4.18. The Kier molecular flexibility index (Phi) is 3.53. The van der Waals surface area contributed by atoms with E-state index in [4.69, 9.17) is 10.0 Å². The molecule has 1 heterocycles. The maximum absolute atomic E-state index is 11.7. The van der Waals surface area contributed by atoms with Crippen LogP contribution >= 0.6 is 11.3 Å². The molecule has 0 atom stereocenters. The van der Waals surface area contributed by atoms with Gasteiger partial charge in [-0.25, -0.2) is 4.98 Å². The van der Waals surface area contributed by atoms with Crippen LogP contribution in [0.15, 0.2) is 35.8 Å². The molecule has 1 aromatic carbocycles. The molecule has 7 heteroatoms. The first-order chi connectivity index (χ1) is 8.16. The van der Waals surface area contributed by atoms with Gasteiger partial charge in [0.05, 0.1) is 0 Å². The van der Waals surface area contributed by atoms with E-state index in [-0.39, 0.29) is 5.91 Å². The van der Waals surface area contributed by atoms with Gasteiger partial charge < -0.3 is 10.0 Å². The Hall–Kier alpha value is -1.70. The predicted octanol–water partition coefficient (Wildman–Crippen LogP) is 0.0752. The summed E-state index contributed by atoms with van der Waals surface area (Å²) in [6, 6.07) is 6.03. The van der Waals surface area contributed by atoms with E-state index < -0.39 is 7.12 Å². The number of nitrogens with zero attached hydrogens (tertiary/aromatic N) is 1. The molecule has 0 aliphatic heterocycles. The van der Waals surface area contributed by atoms with Gasteiger partial charge in [0.2, 0.25) is 0 Å². The second kappa shape index (κ2) is 5.09. The molecule has 0 unspecified atom stereocenters. The first-order valence-electron chi connectivity index (χ1n) is 4.84. The van der Waals surface area contributed by atoms with Crippen molar-refractivity contribution in [2.45, 2.75) is 0 Å². The summed E-state index contributed by atoms with van der Waals surface area (Å²) in [6.07, 6.45) is 1.60. The Balaban J connectivity index is 2.09. The molecule has 0 bridgehead atoms. The lowest BCUT2D eigenvalue weighted by molar-refractivity contribution is 0.102. The van der Waals surface area contributed by atoms with Crippen LogP contribution in [-0.2, 0) is 0 Å². The molecule has 0 fully saturated rings. The maximum atomic E-state index is 11.7. The average Bonchev–Trinajstić information content (AvgIpc) is 2.82. The fraction of sp³-hybridized carbons (Fsp3) is 0. The number of carbonyl (C=O) groups is 1. The summed E-state index contributed by atoms with van der Waals surface area (Å²) in [5, 5.41) is 22.7. The van der Waals surface area contributed by atoms with Crippen molar-refractivity contribution in [1.82, 2.24) is 4.98 Å². The van der Waals surface area contributed by atoms with Gasteiger partial charge in [-0.2, -0.15) is 0 Å². The Morgan fingerprint density at radius 2 is 2.00 bits per heavy atom. The summed E-state index contributed by atoms with van der Waals surface area (Å²) in [5.74, 6) is -0.279. The molecular weight excluding hydrogens is 239 g/mol. The quantitative estimate of drug-likeness (QED) is 0.671. The smallest absolute Gasteiger partial charge is 0.423 e. The van der Waals surface area contributed by atoms with Gasteiger partial charge in [0.15, 0.2) is 5.13 Å². The van der Waals surface area contributed by atoms with Crippen LogP contribution in [-0.4, -0.2) is 28.1 Å². The van der Waals surface area contributed by atoms with Crippen LogP contribution in [0.3, 0.4) is 0 Å². The number of hydrogen-bond acceptors (Lipinski definition) is 5. The third-order valence-electron chi connectivity index (χ3n) is 2.12. The molecule has 0 saturated heterocycles. The zero-order chi connectivity index (χ0) is 12.3. The van der Waals surface area contributed by atoms with Crippen LogP contribution in [0.2, 0.25) is 0 Å². The van der Waals surface area contributed by atoms with Gasteiger partial charge in [0.25, 0.3) is 5.91 Å². The van der Waals surface area contributed by atoms with Crippen molar-refractivity contribution in [3.8, 4) is 0 Å². The van der Waals surface area contributed by atoms with Crippen molar-refractivity contribution in [3.63, 3.8) is 0 Å². The normalized spacial score (nSPS) is 10.0. The van der Waals surface area contributed by atoms with E-state index in [1.807, 2.05) is 0 Å². The second-order valence-electron chi connectivity index (χ2n) is 3.29. The lowest BCUT2D eigenvalue weighted by atomic mass is 9.80. The summed E-state index contributed by atoms with van der Waals surface area (Å²) < 4.78 is 0. The molecule has 0 radical (unpaired) electrons. The standard InChI is InChI=1S/C10H9BN2O3S/c14-9(13-10-12-5-6-17-10)7-1-3-8(4-2-7)11(15)16/h1-6,15-16H,(H,12,13,14). The predicted molar refractivity (Wildman–Crippen MR) is 66.3 cm³/mol. The average molecular weight is 248 g/mol. The van der Waals surface area contributed by atoms with Gasteiger partial charge in [-0.15, -0.1) is 11.3 Å². The van der Waals surface area contributed by atoms with E-state index in [0.717, 1.165) is 0 Å². The lowest BCUT2D eigenvalue weighted by Gasteiger charge is -2.03. The van der Waals surface area contributed by atoms with Gasteiger partial charge in [0.1, 0.15) is 0 Å². The van der Waals surface area contributed by atoms with E-state index in [2.05, 4.69) is 10.3 Å². The van der Waals surface area contributed by atoms with Crippen molar-refractivity contribution in [1.29, 1.82) is 0 Å². The van der Waals surface area contributed by atoms with Crippen molar-refractivity contribution < 1.29 is 14.8 Å². The van der Waals surface area contributed by atoms with Gasteiger partial charge in [-0.3, -0.25) is 10.1 Å². The molecule has 2 rings (SSSR count). The summed E-state index contributed by atoms with van der Waals surface area (Å²) in [7, 11) is -1.52. The van der Waals surface area contributed by atoms with E-state index in [9.17, 15) is 4.79 Å². The van der Waals surface area contributed by atoms with Gasteiger partial charge >= 0.3 is 7.12 Å². The summed E-state index contributed by atoms with van der Waals surface area (Å²) in [4.78, 5) is 15.7. The number of amides is 1. The van der Waals surface area contributed by atoms with Crippen LogP contribution in [0.5, 0.6) is 0 Å². The highest BCUT2D eigenvalue weighted by Gasteiger charge is 2.12. The number of hydrogen-bond donors (Lipinski definition) is 3. The number of thiazole rings is 1. The minimum absolute atomic E-state index is 0.279. The molecule has 1 aromatic heterocycles. The third kappa shape index (κ3) is 2.91. The van der Waals surface area contributed by atoms with E-state index in [1.165, 1.54) is 35.6 Å². The fourth-order valence-corrected chi connectivity index (χ4v) is 1.79. The van der Waals surface area contributed by atoms with Gasteiger partial charge in [-0.05, 0) is 17.6 Å². The number of aromatic nitrogens is 1. The first kappa shape index (κ1) is 11.8. The summed E-state index contributed by atoms with van der Waals surface area (Å²) in [6.45, 7) is 0. The van der Waals surface area contributed by atoms with E-state index >= 15 is 0 Å². The molecule has 0 aliphatic rings. The largest absolute Gasteiger partial charge is 0.488 e.